The molecule has 0 aliphatic carbocycles. The van der Waals surface area contributed by atoms with Gasteiger partial charge in [0.25, 0.3) is 8.53 Å². The molecule has 5 atom stereocenters. The van der Waals surface area contributed by atoms with E-state index in [9.17, 15) is 14.4 Å². The lowest BCUT2D eigenvalue weighted by Crippen LogP contribution is -2.41. The molecule has 17 heteroatoms. The van der Waals surface area contributed by atoms with Crippen molar-refractivity contribution < 1.29 is 46.7 Å². The summed E-state index contributed by atoms with van der Waals surface area (Å²) in [5.41, 5.74) is 0.163. The fourth-order valence-corrected chi connectivity index (χ4v) is 9.67. The number of anilines is 1. The molecule has 0 spiro atoms. The van der Waals surface area contributed by atoms with Crippen molar-refractivity contribution in [1.29, 1.82) is 0 Å². The standard InChI is InChI=1S/C46H60FN4O10PS/c1-30(2)44(53)63-28-27-57-25-26-59-62(51(31(3)4)32(5)6)61-42-39(60-43(41(42)47)50-24-23-40(48-33(7)52)49-45(50)54)29-58-46(34-13-11-10-12-14-34,35-15-19-37(55-8)20-16-35)36-17-21-38(56-9)22-18-36/h10-24,30-32,39,41-43H,25-29H2,1-9H3,(H,48,49,52,54)/t39-,41-,42-,43-,62?/m1/s1. The Balaban J connectivity index is 1.54. The maximum atomic E-state index is 17.4. The van der Waals surface area contributed by atoms with Crippen molar-refractivity contribution >= 4 is 37.1 Å². The monoisotopic (exact) mass is 910 g/mol. The topological polar surface area (TPSA) is 149 Å². The van der Waals surface area contributed by atoms with Crippen LogP contribution in [0, 0.1) is 5.92 Å². The summed E-state index contributed by atoms with van der Waals surface area (Å²) in [5, 5.41) is 2.59. The quantitative estimate of drug-likeness (QED) is 0.0434. The van der Waals surface area contributed by atoms with Crippen LogP contribution in [0.4, 0.5) is 10.2 Å². The largest absolute Gasteiger partial charge is 0.497 e. The number of rotatable bonds is 23. The lowest BCUT2D eigenvalue weighted by molar-refractivity contribution is -0.114. The second kappa shape index (κ2) is 23.6. The summed E-state index contributed by atoms with van der Waals surface area (Å²) in [6.07, 6.45) is -4.49. The molecular formula is C46H60FN4O10PS. The Labute approximate surface area is 375 Å². The van der Waals surface area contributed by atoms with Gasteiger partial charge in [-0.05, 0) is 74.7 Å². The number of aromatic nitrogens is 2. The van der Waals surface area contributed by atoms with Crippen LogP contribution in [0.1, 0.15) is 71.4 Å². The SMILES string of the molecule is COc1ccc(C(OC[C@H]2O[C@@H](n3ccc(NC(C)=O)nc3=O)[C@H](F)[C@@H]2OP(OCCOCCSC(=O)C(C)C)N(C(C)C)C(C)C)(c2ccccc2)c2ccc(OC)cc2)cc1. The zero-order valence-corrected chi connectivity index (χ0v) is 39.1. The third kappa shape index (κ3) is 12.7. The highest BCUT2D eigenvalue weighted by atomic mass is 32.2. The van der Waals surface area contributed by atoms with E-state index in [0.29, 0.717) is 23.9 Å². The average Bonchev–Trinajstić information content (AvgIpc) is 3.56. The molecule has 1 fully saturated rings. The number of amides is 1. The lowest BCUT2D eigenvalue weighted by Gasteiger charge is -2.39. The zero-order chi connectivity index (χ0) is 45.7. The van der Waals surface area contributed by atoms with Gasteiger partial charge in [-0.2, -0.15) is 4.98 Å². The number of alkyl halides is 1. The van der Waals surface area contributed by atoms with E-state index < -0.39 is 50.3 Å². The number of methoxy groups -OCH3 is 2. The van der Waals surface area contributed by atoms with Crippen LogP contribution < -0.4 is 20.5 Å². The van der Waals surface area contributed by atoms with E-state index >= 15 is 4.39 Å². The highest BCUT2D eigenvalue weighted by Gasteiger charge is 2.51. The van der Waals surface area contributed by atoms with Gasteiger partial charge in [0.1, 0.15) is 35.1 Å². The van der Waals surface area contributed by atoms with Crippen LogP contribution in [0.2, 0.25) is 0 Å². The normalized spacial score (nSPS) is 18.3. The van der Waals surface area contributed by atoms with Gasteiger partial charge in [0.15, 0.2) is 17.5 Å². The highest BCUT2D eigenvalue weighted by Crippen LogP contribution is 2.51. The first-order valence-electron chi connectivity index (χ1n) is 21.0. The predicted octanol–water partition coefficient (Wildman–Crippen LogP) is 8.14. The van der Waals surface area contributed by atoms with Gasteiger partial charge in [-0.1, -0.05) is 80.2 Å². The maximum Gasteiger partial charge on any atom is 0.351 e. The molecule has 4 aromatic rings. The molecule has 1 saturated heterocycles. The Kier molecular flexibility index (Phi) is 18.7. The first-order chi connectivity index (χ1) is 30.2. The van der Waals surface area contributed by atoms with Gasteiger partial charge in [0, 0.05) is 36.9 Å². The minimum atomic E-state index is -1.96. The molecule has 63 heavy (non-hydrogen) atoms. The second-order valence-corrected chi connectivity index (χ2v) is 18.2. The van der Waals surface area contributed by atoms with Crippen molar-refractivity contribution in [3.8, 4) is 11.5 Å². The molecule has 1 unspecified atom stereocenters. The molecule has 14 nitrogen and oxygen atoms in total. The molecule has 0 bridgehead atoms. The Bertz CT molecular complexity index is 2060. The van der Waals surface area contributed by atoms with E-state index in [1.54, 1.807) is 14.2 Å². The third-order valence-corrected chi connectivity index (χ3v) is 13.4. The Morgan fingerprint density at radius 3 is 1.98 bits per heavy atom. The Morgan fingerprint density at radius 1 is 0.873 bits per heavy atom. The smallest absolute Gasteiger partial charge is 0.351 e. The fourth-order valence-electron chi connectivity index (χ4n) is 7.19. The number of carbonyl (C=O) groups is 2. The molecule has 5 rings (SSSR count). The van der Waals surface area contributed by atoms with Crippen LogP contribution in [0.5, 0.6) is 11.5 Å². The van der Waals surface area contributed by atoms with Crippen molar-refractivity contribution in [3.63, 3.8) is 0 Å². The molecular weight excluding hydrogens is 851 g/mol. The number of hydrogen-bond acceptors (Lipinski definition) is 13. The summed E-state index contributed by atoms with van der Waals surface area (Å²) in [7, 11) is 1.23. The molecule has 3 aromatic carbocycles. The fraction of sp³-hybridized carbons (Fsp3) is 0.478. The van der Waals surface area contributed by atoms with Crippen LogP contribution in [0.3, 0.4) is 0 Å². The molecule has 0 saturated carbocycles. The number of carbonyl (C=O) groups excluding carboxylic acids is 2. The van der Waals surface area contributed by atoms with Crippen molar-refractivity contribution in [3.05, 3.63) is 118 Å². The van der Waals surface area contributed by atoms with Crippen LogP contribution in [0.15, 0.2) is 95.9 Å². The first-order valence-corrected chi connectivity index (χ1v) is 23.1. The minimum Gasteiger partial charge on any atom is -0.497 e. The Hall–Kier alpha value is -4.25. The number of benzene rings is 3. The zero-order valence-electron chi connectivity index (χ0n) is 37.4. The first kappa shape index (κ1) is 49.8. The number of hydrogen-bond donors (Lipinski definition) is 1. The number of ether oxygens (including phenoxy) is 5. The van der Waals surface area contributed by atoms with E-state index in [2.05, 4.69) is 10.3 Å². The van der Waals surface area contributed by atoms with Gasteiger partial charge in [0.2, 0.25) is 5.91 Å². The van der Waals surface area contributed by atoms with Crippen LogP contribution in [-0.4, -0.2) is 102 Å². The van der Waals surface area contributed by atoms with Gasteiger partial charge in [0.05, 0.1) is 40.6 Å². The van der Waals surface area contributed by atoms with Gasteiger partial charge in [-0.3, -0.25) is 14.2 Å². The average molecular weight is 911 g/mol. The van der Waals surface area contributed by atoms with E-state index in [1.165, 1.54) is 30.9 Å². The van der Waals surface area contributed by atoms with Crippen LogP contribution in [-0.2, 0) is 38.4 Å². The van der Waals surface area contributed by atoms with Gasteiger partial charge in [-0.15, -0.1) is 0 Å². The molecule has 342 valence electrons. The van der Waals surface area contributed by atoms with Gasteiger partial charge < -0.3 is 38.0 Å². The van der Waals surface area contributed by atoms with E-state index in [-0.39, 0.29) is 48.8 Å². The molecule has 1 aliphatic rings. The summed E-state index contributed by atoms with van der Waals surface area (Å²) in [6.45, 7) is 13.5. The molecule has 1 amide bonds. The van der Waals surface area contributed by atoms with E-state index in [4.69, 9.17) is 32.7 Å². The summed E-state index contributed by atoms with van der Waals surface area (Å²) in [4.78, 5) is 41.2. The van der Waals surface area contributed by atoms with Gasteiger partial charge >= 0.3 is 5.69 Å². The predicted molar refractivity (Wildman–Crippen MR) is 243 cm³/mol. The summed E-state index contributed by atoms with van der Waals surface area (Å²) in [5.74, 6) is 1.34. The van der Waals surface area contributed by atoms with Crippen molar-refractivity contribution in [2.75, 3.05) is 51.7 Å². The van der Waals surface area contributed by atoms with Gasteiger partial charge in [-0.25, -0.2) is 13.9 Å². The van der Waals surface area contributed by atoms with Crippen molar-refractivity contribution in [2.45, 2.75) is 90.8 Å². The Morgan fingerprint density at radius 2 is 1.46 bits per heavy atom. The second-order valence-electron chi connectivity index (χ2n) is 15.7. The molecule has 1 aromatic heterocycles. The van der Waals surface area contributed by atoms with E-state index in [1.807, 2.05) is 125 Å². The number of thioether (sulfide) groups is 1. The number of nitrogens with zero attached hydrogens (tertiary/aromatic N) is 3. The molecule has 2 heterocycles. The highest BCUT2D eigenvalue weighted by molar-refractivity contribution is 8.13. The summed E-state index contributed by atoms with van der Waals surface area (Å²) < 4.78 is 64.2. The van der Waals surface area contributed by atoms with Crippen LogP contribution >= 0.6 is 20.3 Å². The lowest BCUT2D eigenvalue weighted by atomic mass is 9.80. The number of halogens is 1. The molecule has 1 N–H and O–H groups in total. The van der Waals surface area contributed by atoms with Crippen molar-refractivity contribution in [1.82, 2.24) is 14.2 Å². The van der Waals surface area contributed by atoms with Crippen LogP contribution in [0.25, 0.3) is 0 Å². The summed E-state index contributed by atoms with van der Waals surface area (Å²) >= 11 is 1.23. The third-order valence-electron chi connectivity index (χ3n) is 10.1. The van der Waals surface area contributed by atoms with Crippen molar-refractivity contribution in [2.24, 2.45) is 5.92 Å². The molecule has 1 aliphatic heterocycles. The molecule has 0 radical (unpaired) electrons. The number of nitrogens with one attached hydrogen (secondary N) is 1. The van der Waals surface area contributed by atoms with E-state index in [0.717, 1.165) is 21.3 Å². The maximum absolute atomic E-state index is 17.4. The minimum absolute atomic E-state index is 0.0187. The summed E-state index contributed by atoms with van der Waals surface area (Å²) in [6, 6.07) is 26.0.